The average Bonchev–Trinajstić information content (AvgIpc) is 2.58. The number of hydrogen-bond donors (Lipinski definition) is 2. The number of benzene rings is 1. The van der Waals surface area contributed by atoms with Crippen LogP contribution in [0.25, 0.3) is 0 Å². The number of halogens is 1. The minimum absolute atomic E-state index is 0.0689. The molecule has 1 rings (SSSR count). The van der Waals surface area contributed by atoms with Gasteiger partial charge in [-0.05, 0) is 37.5 Å². The van der Waals surface area contributed by atoms with Crippen molar-refractivity contribution in [2.24, 2.45) is 4.99 Å². The van der Waals surface area contributed by atoms with Crippen molar-refractivity contribution in [2.75, 3.05) is 46.9 Å². The predicted molar refractivity (Wildman–Crippen MR) is 98.2 cm³/mol. The van der Waals surface area contributed by atoms with Gasteiger partial charge in [0.15, 0.2) is 5.96 Å². The predicted octanol–water partition coefficient (Wildman–Crippen LogP) is 1.42. The van der Waals surface area contributed by atoms with Crippen LogP contribution in [0.4, 0.5) is 4.39 Å². The van der Waals surface area contributed by atoms with Crippen LogP contribution in [-0.2, 0) is 16.0 Å². The van der Waals surface area contributed by atoms with E-state index < -0.39 is 0 Å². The second-order valence-corrected chi connectivity index (χ2v) is 5.74. The van der Waals surface area contributed by atoms with Gasteiger partial charge < -0.3 is 20.3 Å². The van der Waals surface area contributed by atoms with E-state index in [1.807, 2.05) is 13.0 Å². The highest BCUT2D eigenvalue weighted by molar-refractivity contribution is 5.84. The average molecular weight is 352 g/mol. The van der Waals surface area contributed by atoms with Gasteiger partial charge in [-0.1, -0.05) is 12.1 Å². The molecule has 0 saturated carbocycles. The van der Waals surface area contributed by atoms with E-state index in [0.29, 0.717) is 38.7 Å². The summed E-state index contributed by atoms with van der Waals surface area (Å²) >= 11 is 0. The first-order valence-electron chi connectivity index (χ1n) is 8.57. The summed E-state index contributed by atoms with van der Waals surface area (Å²) in [6.07, 6.45) is 1.51. The number of likely N-dealkylation sites (N-methyl/N-ethyl adjacent to an activating group) is 1. The van der Waals surface area contributed by atoms with E-state index >= 15 is 0 Å². The molecule has 7 heteroatoms. The van der Waals surface area contributed by atoms with Crippen LogP contribution in [0.3, 0.4) is 0 Å². The third-order valence-corrected chi connectivity index (χ3v) is 3.43. The largest absolute Gasteiger partial charge is 0.382 e. The summed E-state index contributed by atoms with van der Waals surface area (Å²) in [7, 11) is 3.40. The highest BCUT2D eigenvalue weighted by atomic mass is 19.1. The van der Waals surface area contributed by atoms with Crippen LogP contribution in [0.5, 0.6) is 0 Å². The minimum Gasteiger partial charge on any atom is -0.382 e. The fraction of sp³-hybridized carbons (Fsp3) is 0.556. The second-order valence-electron chi connectivity index (χ2n) is 5.74. The molecule has 1 aromatic rings. The van der Waals surface area contributed by atoms with Crippen LogP contribution < -0.4 is 10.6 Å². The monoisotopic (exact) mass is 352 g/mol. The number of amides is 1. The summed E-state index contributed by atoms with van der Waals surface area (Å²) in [5, 5.41) is 6.36. The summed E-state index contributed by atoms with van der Waals surface area (Å²) in [5.74, 6) is 0.265. The van der Waals surface area contributed by atoms with Gasteiger partial charge >= 0.3 is 0 Å². The lowest BCUT2D eigenvalue weighted by Gasteiger charge is -2.14. The Kier molecular flexibility index (Phi) is 10.2. The number of carbonyl (C=O) groups excluding carboxylic acids is 1. The van der Waals surface area contributed by atoms with Gasteiger partial charge in [-0.15, -0.1) is 0 Å². The molecule has 140 valence electrons. The van der Waals surface area contributed by atoms with E-state index in [2.05, 4.69) is 15.6 Å². The first-order valence-corrected chi connectivity index (χ1v) is 8.57. The highest BCUT2D eigenvalue weighted by Crippen LogP contribution is 2.03. The molecule has 0 aromatic heterocycles. The quantitative estimate of drug-likeness (QED) is 0.380. The Morgan fingerprint density at radius 2 is 2.04 bits per heavy atom. The number of aliphatic imine (C=N–C) groups is 1. The van der Waals surface area contributed by atoms with Crippen LogP contribution in [0.1, 0.15) is 18.9 Å². The zero-order valence-corrected chi connectivity index (χ0v) is 15.3. The molecule has 0 bridgehead atoms. The van der Waals surface area contributed by atoms with Crippen molar-refractivity contribution in [2.45, 2.75) is 19.8 Å². The molecule has 0 aliphatic rings. The molecule has 25 heavy (non-hydrogen) atoms. The van der Waals surface area contributed by atoms with Crippen LogP contribution in [0, 0.1) is 5.82 Å². The van der Waals surface area contributed by atoms with Gasteiger partial charge in [0.1, 0.15) is 12.4 Å². The number of hydrogen-bond acceptors (Lipinski definition) is 3. The van der Waals surface area contributed by atoms with E-state index in [9.17, 15) is 9.18 Å². The third-order valence-electron chi connectivity index (χ3n) is 3.43. The first kappa shape index (κ1) is 20.9. The van der Waals surface area contributed by atoms with Crippen LogP contribution in [0.2, 0.25) is 0 Å². The van der Waals surface area contributed by atoms with Crippen molar-refractivity contribution in [3.8, 4) is 0 Å². The van der Waals surface area contributed by atoms with E-state index in [-0.39, 0.29) is 18.3 Å². The van der Waals surface area contributed by atoms with E-state index in [1.54, 1.807) is 20.2 Å². The number of carbonyl (C=O) groups is 1. The molecular weight excluding hydrogens is 323 g/mol. The van der Waals surface area contributed by atoms with Gasteiger partial charge in [0, 0.05) is 40.4 Å². The molecule has 0 aliphatic heterocycles. The standard InChI is InChI=1S/C18H29FN4O2/c1-4-25-12-6-10-20-18(22-14-17(24)23(2)3)21-11-9-15-7-5-8-16(19)13-15/h5,7-8,13H,4,6,9-12,14H2,1-3H3,(H2,20,21,22). The number of ether oxygens (including phenoxy) is 1. The summed E-state index contributed by atoms with van der Waals surface area (Å²) < 4.78 is 18.5. The fourth-order valence-corrected chi connectivity index (χ4v) is 2.01. The lowest BCUT2D eigenvalue weighted by Crippen LogP contribution is -2.40. The first-order chi connectivity index (χ1) is 12.0. The fourth-order valence-electron chi connectivity index (χ4n) is 2.01. The van der Waals surface area contributed by atoms with Crippen LogP contribution in [-0.4, -0.2) is 63.7 Å². The lowest BCUT2D eigenvalue weighted by atomic mass is 10.1. The Morgan fingerprint density at radius 1 is 1.28 bits per heavy atom. The van der Waals surface area contributed by atoms with Crippen molar-refractivity contribution in [1.82, 2.24) is 15.5 Å². The molecule has 2 N–H and O–H groups in total. The van der Waals surface area contributed by atoms with Gasteiger partial charge in [-0.25, -0.2) is 9.38 Å². The van der Waals surface area contributed by atoms with Crippen molar-refractivity contribution >= 4 is 11.9 Å². The van der Waals surface area contributed by atoms with E-state index in [0.717, 1.165) is 12.0 Å². The molecule has 1 aromatic carbocycles. The molecule has 0 radical (unpaired) electrons. The molecule has 0 unspecified atom stereocenters. The summed E-state index contributed by atoms with van der Waals surface area (Å²) in [6.45, 7) is 4.70. The maximum atomic E-state index is 13.2. The number of rotatable bonds is 10. The molecule has 0 atom stereocenters. The normalized spacial score (nSPS) is 11.3. The van der Waals surface area contributed by atoms with E-state index in [4.69, 9.17) is 4.74 Å². The van der Waals surface area contributed by atoms with Gasteiger partial charge in [0.2, 0.25) is 5.91 Å². The molecule has 6 nitrogen and oxygen atoms in total. The van der Waals surface area contributed by atoms with Crippen molar-refractivity contribution < 1.29 is 13.9 Å². The second kappa shape index (κ2) is 12.2. The minimum atomic E-state index is -0.239. The molecule has 0 aliphatic carbocycles. The van der Waals surface area contributed by atoms with Gasteiger partial charge in [0.05, 0.1) is 0 Å². The van der Waals surface area contributed by atoms with E-state index in [1.165, 1.54) is 17.0 Å². The maximum Gasteiger partial charge on any atom is 0.243 e. The smallest absolute Gasteiger partial charge is 0.243 e. The molecule has 1 amide bonds. The summed E-state index contributed by atoms with van der Waals surface area (Å²) in [6, 6.07) is 6.52. The Labute approximate surface area is 149 Å². The Morgan fingerprint density at radius 3 is 2.72 bits per heavy atom. The van der Waals surface area contributed by atoms with Crippen molar-refractivity contribution in [3.63, 3.8) is 0 Å². The van der Waals surface area contributed by atoms with Gasteiger partial charge in [0.25, 0.3) is 0 Å². The molecule has 0 saturated heterocycles. The summed E-state index contributed by atoms with van der Waals surface area (Å²) in [5.41, 5.74) is 0.910. The number of nitrogens with one attached hydrogen (secondary N) is 2. The Hall–Kier alpha value is -2.15. The number of nitrogens with zero attached hydrogens (tertiary/aromatic N) is 2. The van der Waals surface area contributed by atoms with Gasteiger partial charge in [-0.3, -0.25) is 4.79 Å². The zero-order valence-electron chi connectivity index (χ0n) is 15.3. The Balaban J connectivity index is 2.48. The zero-order chi connectivity index (χ0) is 18.5. The third kappa shape index (κ3) is 9.66. The molecule has 0 spiro atoms. The SMILES string of the molecule is CCOCCCNC(=NCC(=O)N(C)C)NCCc1cccc(F)c1. The van der Waals surface area contributed by atoms with Crippen LogP contribution in [0.15, 0.2) is 29.3 Å². The Bertz CT molecular complexity index is 550. The van der Waals surface area contributed by atoms with Crippen molar-refractivity contribution in [1.29, 1.82) is 0 Å². The topological polar surface area (TPSA) is 66.0 Å². The van der Waals surface area contributed by atoms with Crippen LogP contribution >= 0.6 is 0 Å². The van der Waals surface area contributed by atoms with Crippen molar-refractivity contribution in [3.05, 3.63) is 35.6 Å². The molecule has 0 fully saturated rings. The molecule has 0 heterocycles. The molecular formula is C18H29FN4O2. The maximum absolute atomic E-state index is 13.2. The summed E-state index contributed by atoms with van der Waals surface area (Å²) in [4.78, 5) is 17.5. The lowest BCUT2D eigenvalue weighted by molar-refractivity contribution is -0.127. The van der Waals surface area contributed by atoms with Gasteiger partial charge in [-0.2, -0.15) is 0 Å². The highest BCUT2D eigenvalue weighted by Gasteiger charge is 2.04. The number of guanidine groups is 1.